The van der Waals surface area contributed by atoms with Crippen molar-refractivity contribution in [1.29, 1.82) is 0 Å². The molecule has 2 aromatic rings. The average molecular weight is 308 g/mol. The van der Waals surface area contributed by atoms with Crippen LogP contribution < -0.4 is 16.2 Å². The molecule has 0 aliphatic heterocycles. The minimum atomic E-state index is -0.537. The van der Waals surface area contributed by atoms with Crippen molar-refractivity contribution in [3.05, 3.63) is 71.8 Å². The Labute approximate surface area is 133 Å². The van der Waals surface area contributed by atoms with Crippen molar-refractivity contribution < 1.29 is 14.3 Å². The second-order valence-electron chi connectivity index (χ2n) is 4.65. The van der Waals surface area contributed by atoms with Crippen molar-refractivity contribution in [1.82, 2.24) is 0 Å². The maximum atomic E-state index is 10.9. The van der Waals surface area contributed by atoms with Crippen LogP contribution in [0.2, 0.25) is 0 Å². The smallest absolute Gasteiger partial charge is 0.241 e. The Morgan fingerprint density at radius 1 is 0.739 bits per heavy atom. The number of benzene rings is 2. The molecule has 2 amide bonds. The van der Waals surface area contributed by atoms with Crippen molar-refractivity contribution in [2.45, 2.75) is 0 Å². The predicted octanol–water partition coefficient (Wildman–Crippen LogP) is 2.48. The lowest BCUT2D eigenvalue weighted by molar-refractivity contribution is -0.114. The normalized spacial score (nSPS) is 11.0. The molecular weight excluding hydrogens is 292 g/mol. The zero-order chi connectivity index (χ0) is 16.7. The Kier molecular flexibility index (Phi) is 5.30. The number of para-hydroxylation sites is 2. The van der Waals surface area contributed by atoms with Gasteiger partial charge in [-0.05, 0) is 24.3 Å². The maximum absolute atomic E-state index is 10.9. The van der Waals surface area contributed by atoms with Crippen LogP contribution in [0.1, 0.15) is 11.1 Å². The van der Waals surface area contributed by atoms with Crippen LogP contribution in [0.15, 0.2) is 60.7 Å². The Bertz CT molecular complexity index is 714. The van der Waals surface area contributed by atoms with Gasteiger partial charge in [0.05, 0.1) is 0 Å². The predicted molar refractivity (Wildman–Crippen MR) is 89.4 cm³/mol. The highest BCUT2D eigenvalue weighted by Crippen LogP contribution is 2.29. The summed E-state index contributed by atoms with van der Waals surface area (Å²) < 4.78 is 5.90. The molecule has 0 atom stereocenters. The number of carbonyl (C=O) groups excluding carboxylic acids is 2. The number of ether oxygens (including phenoxy) is 1. The Morgan fingerprint density at radius 2 is 1.13 bits per heavy atom. The van der Waals surface area contributed by atoms with Crippen LogP contribution in [0.25, 0.3) is 12.2 Å². The standard InChI is InChI=1S/C18H16N2O3/c19-17(21)11-9-13-5-1-3-7-15(13)23-16-8-4-2-6-14(16)10-12-18(20)22/h1-12H,(H2,19,21)(H2,20,22)/b11-9+,12-10+. The highest BCUT2D eigenvalue weighted by molar-refractivity contribution is 5.91. The van der Waals surface area contributed by atoms with Gasteiger partial charge in [-0.25, -0.2) is 0 Å². The van der Waals surface area contributed by atoms with Crippen LogP contribution in [0, 0.1) is 0 Å². The molecule has 5 nitrogen and oxygen atoms in total. The Hall–Kier alpha value is -3.34. The number of amides is 2. The summed E-state index contributed by atoms with van der Waals surface area (Å²) in [5.41, 5.74) is 11.6. The summed E-state index contributed by atoms with van der Waals surface area (Å²) in [5.74, 6) is 0.0454. The van der Waals surface area contributed by atoms with E-state index in [4.69, 9.17) is 16.2 Å². The van der Waals surface area contributed by atoms with Crippen LogP contribution in [0.3, 0.4) is 0 Å². The number of hydrogen-bond acceptors (Lipinski definition) is 3. The van der Waals surface area contributed by atoms with Crippen LogP contribution >= 0.6 is 0 Å². The van der Waals surface area contributed by atoms with Gasteiger partial charge in [0.25, 0.3) is 0 Å². The molecule has 0 aliphatic carbocycles. The van der Waals surface area contributed by atoms with Crippen molar-refractivity contribution >= 4 is 24.0 Å². The summed E-state index contributed by atoms with van der Waals surface area (Å²) in [5, 5.41) is 0. The summed E-state index contributed by atoms with van der Waals surface area (Å²) in [6.45, 7) is 0. The minimum absolute atomic E-state index is 0.537. The number of rotatable bonds is 6. The molecule has 0 unspecified atom stereocenters. The van der Waals surface area contributed by atoms with Crippen LogP contribution in [-0.2, 0) is 9.59 Å². The van der Waals surface area contributed by atoms with E-state index in [-0.39, 0.29) is 0 Å². The first-order valence-corrected chi connectivity index (χ1v) is 6.87. The molecule has 0 bridgehead atoms. The molecule has 116 valence electrons. The summed E-state index contributed by atoms with van der Waals surface area (Å²) in [6, 6.07) is 14.4. The zero-order valence-corrected chi connectivity index (χ0v) is 12.3. The third-order valence-corrected chi connectivity index (χ3v) is 2.91. The average Bonchev–Trinajstić information content (AvgIpc) is 2.53. The van der Waals surface area contributed by atoms with E-state index in [2.05, 4.69) is 0 Å². The Balaban J connectivity index is 2.33. The summed E-state index contributed by atoms with van der Waals surface area (Å²) >= 11 is 0. The molecule has 0 saturated carbocycles. The van der Waals surface area contributed by atoms with Gasteiger partial charge in [0.15, 0.2) is 0 Å². The second kappa shape index (κ2) is 7.61. The van der Waals surface area contributed by atoms with Gasteiger partial charge in [0.1, 0.15) is 11.5 Å². The highest BCUT2D eigenvalue weighted by atomic mass is 16.5. The van der Waals surface area contributed by atoms with Gasteiger partial charge in [-0.15, -0.1) is 0 Å². The van der Waals surface area contributed by atoms with Gasteiger partial charge in [-0.3, -0.25) is 9.59 Å². The molecule has 4 N–H and O–H groups in total. The lowest BCUT2D eigenvalue weighted by Crippen LogP contribution is -2.05. The van der Waals surface area contributed by atoms with Crippen LogP contribution in [0.5, 0.6) is 11.5 Å². The highest BCUT2D eigenvalue weighted by Gasteiger charge is 2.05. The molecule has 2 aromatic carbocycles. The van der Waals surface area contributed by atoms with E-state index >= 15 is 0 Å². The van der Waals surface area contributed by atoms with Gasteiger partial charge < -0.3 is 16.2 Å². The summed E-state index contributed by atoms with van der Waals surface area (Å²) in [6.07, 6.45) is 5.70. The summed E-state index contributed by atoms with van der Waals surface area (Å²) in [7, 11) is 0. The van der Waals surface area contributed by atoms with Crippen molar-refractivity contribution in [3.8, 4) is 11.5 Å². The largest absolute Gasteiger partial charge is 0.456 e. The third-order valence-electron chi connectivity index (χ3n) is 2.91. The minimum Gasteiger partial charge on any atom is -0.456 e. The molecule has 2 rings (SSSR count). The quantitative estimate of drug-likeness (QED) is 0.802. The number of hydrogen-bond donors (Lipinski definition) is 2. The van der Waals surface area contributed by atoms with E-state index in [1.54, 1.807) is 36.4 Å². The molecule has 5 heteroatoms. The van der Waals surface area contributed by atoms with Crippen molar-refractivity contribution in [2.24, 2.45) is 11.5 Å². The molecule has 0 radical (unpaired) electrons. The molecular formula is C18H16N2O3. The zero-order valence-electron chi connectivity index (χ0n) is 12.3. The van der Waals surface area contributed by atoms with E-state index in [1.165, 1.54) is 12.2 Å². The number of primary amides is 2. The van der Waals surface area contributed by atoms with E-state index in [1.807, 2.05) is 24.3 Å². The first-order chi connectivity index (χ1) is 11.1. The fourth-order valence-corrected chi connectivity index (χ4v) is 1.88. The molecule has 0 saturated heterocycles. The van der Waals surface area contributed by atoms with E-state index < -0.39 is 11.8 Å². The first-order valence-electron chi connectivity index (χ1n) is 6.87. The second-order valence-corrected chi connectivity index (χ2v) is 4.65. The molecule has 0 spiro atoms. The van der Waals surface area contributed by atoms with Crippen LogP contribution in [-0.4, -0.2) is 11.8 Å². The fourth-order valence-electron chi connectivity index (χ4n) is 1.88. The van der Waals surface area contributed by atoms with Crippen LogP contribution in [0.4, 0.5) is 0 Å². The van der Waals surface area contributed by atoms with Gasteiger partial charge in [0, 0.05) is 23.3 Å². The molecule has 0 fully saturated rings. The molecule has 0 aromatic heterocycles. The van der Waals surface area contributed by atoms with Crippen molar-refractivity contribution in [2.75, 3.05) is 0 Å². The Morgan fingerprint density at radius 3 is 1.52 bits per heavy atom. The molecule has 0 heterocycles. The van der Waals surface area contributed by atoms with Gasteiger partial charge in [-0.1, -0.05) is 36.4 Å². The van der Waals surface area contributed by atoms with E-state index in [9.17, 15) is 9.59 Å². The lowest BCUT2D eigenvalue weighted by Gasteiger charge is -2.11. The summed E-state index contributed by atoms with van der Waals surface area (Å²) in [4.78, 5) is 21.8. The third kappa shape index (κ3) is 4.86. The van der Waals surface area contributed by atoms with Gasteiger partial charge in [-0.2, -0.15) is 0 Å². The number of carbonyl (C=O) groups is 2. The van der Waals surface area contributed by atoms with E-state index in [0.717, 1.165) is 0 Å². The van der Waals surface area contributed by atoms with Gasteiger partial charge in [0.2, 0.25) is 11.8 Å². The molecule has 23 heavy (non-hydrogen) atoms. The monoisotopic (exact) mass is 308 g/mol. The fraction of sp³-hybridized carbons (Fsp3) is 0. The lowest BCUT2D eigenvalue weighted by atomic mass is 10.1. The number of nitrogens with two attached hydrogens (primary N) is 2. The maximum Gasteiger partial charge on any atom is 0.241 e. The topological polar surface area (TPSA) is 95.4 Å². The SMILES string of the molecule is NC(=O)/C=C/c1ccccc1Oc1ccccc1/C=C/C(N)=O. The van der Waals surface area contributed by atoms with Gasteiger partial charge >= 0.3 is 0 Å². The van der Waals surface area contributed by atoms with Crippen molar-refractivity contribution in [3.63, 3.8) is 0 Å². The first kappa shape index (κ1) is 16.0. The van der Waals surface area contributed by atoms with E-state index in [0.29, 0.717) is 22.6 Å². The molecule has 0 aliphatic rings.